The highest BCUT2D eigenvalue weighted by atomic mass is 32.1. The molecule has 7 heteroatoms. The molecule has 0 saturated heterocycles. The number of anilines is 2. The minimum Gasteiger partial charge on any atom is -0.382 e. The van der Waals surface area contributed by atoms with E-state index in [1.165, 1.54) is 0 Å². The van der Waals surface area contributed by atoms with E-state index < -0.39 is 5.91 Å². The number of amides is 1. The number of pyridine rings is 1. The summed E-state index contributed by atoms with van der Waals surface area (Å²) in [6, 6.07) is 3.93. The molecule has 2 rings (SSSR count). The van der Waals surface area contributed by atoms with Crippen LogP contribution in [0.25, 0.3) is 0 Å². The molecule has 19 heavy (non-hydrogen) atoms. The Morgan fingerprint density at radius 1 is 1.53 bits per heavy atom. The van der Waals surface area contributed by atoms with E-state index >= 15 is 0 Å². The lowest BCUT2D eigenvalue weighted by molar-refractivity contribution is 0.100. The number of primary amides is 1. The van der Waals surface area contributed by atoms with Crippen LogP contribution in [0.15, 0.2) is 18.3 Å². The molecule has 0 unspecified atom stereocenters. The summed E-state index contributed by atoms with van der Waals surface area (Å²) in [5.41, 5.74) is 13.2. The molecule has 0 bridgehead atoms. The Hall–Kier alpha value is -2.15. The first kappa shape index (κ1) is 13.3. The van der Waals surface area contributed by atoms with Crippen LogP contribution in [-0.4, -0.2) is 15.3 Å². The molecule has 0 saturated carbocycles. The number of aryl methyl sites for hydroxylation is 1. The molecule has 0 spiro atoms. The molecule has 2 aromatic rings. The number of carbonyl (C=O) groups is 1. The number of nitrogens with two attached hydrogens (primary N) is 2. The Bertz CT molecular complexity index is 596. The molecule has 0 atom stereocenters. The fourth-order valence-corrected chi connectivity index (χ4v) is 2.49. The van der Waals surface area contributed by atoms with E-state index in [0.717, 1.165) is 29.2 Å². The van der Waals surface area contributed by atoms with Gasteiger partial charge in [0.2, 0.25) is 0 Å². The fourth-order valence-electron chi connectivity index (χ4n) is 1.78. The second-order valence-corrected chi connectivity index (χ2v) is 4.73. The average Bonchev–Trinajstić information content (AvgIpc) is 2.78. The van der Waals surface area contributed by atoms with E-state index in [-0.39, 0.29) is 11.4 Å². The van der Waals surface area contributed by atoms with Gasteiger partial charge in [-0.25, -0.2) is 0 Å². The van der Waals surface area contributed by atoms with Crippen molar-refractivity contribution in [3.8, 4) is 0 Å². The Morgan fingerprint density at radius 2 is 2.32 bits per heavy atom. The minimum atomic E-state index is -0.578. The van der Waals surface area contributed by atoms with Crippen molar-refractivity contribution in [1.82, 2.24) is 9.36 Å². The number of hydrogen-bond acceptors (Lipinski definition) is 6. The molecule has 2 heterocycles. The number of nitrogens with one attached hydrogen (secondary N) is 1. The van der Waals surface area contributed by atoms with E-state index in [0.29, 0.717) is 11.5 Å². The predicted octanol–water partition coefficient (Wildman–Crippen LogP) is 1.39. The van der Waals surface area contributed by atoms with Crippen molar-refractivity contribution in [1.29, 1.82) is 0 Å². The first-order valence-corrected chi connectivity index (χ1v) is 6.62. The molecule has 0 fully saturated rings. The molecule has 0 radical (unpaired) electrons. The number of nitrogen functional groups attached to an aromatic ring is 1. The van der Waals surface area contributed by atoms with Crippen LogP contribution in [0.2, 0.25) is 0 Å². The quantitative estimate of drug-likeness (QED) is 0.765. The number of nitrogens with zero attached hydrogens (tertiary/aromatic N) is 2. The minimum absolute atomic E-state index is 0.164. The van der Waals surface area contributed by atoms with Gasteiger partial charge >= 0.3 is 0 Å². The Kier molecular flexibility index (Phi) is 3.96. The van der Waals surface area contributed by atoms with Gasteiger partial charge in [0.1, 0.15) is 10.6 Å². The highest BCUT2D eigenvalue weighted by Crippen LogP contribution is 2.26. The maximum absolute atomic E-state index is 11.3. The van der Waals surface area contributed by atoms with Gasteiger partial charge in [0.25, 0.3) is 5.91 Å². The third kappa shape index (κ3) is 2.82. The van der Waals surface area contributed by atoms with E-state index in [1.54, 1.807) is 6.20 Å². The molecule has 1 amide bonds. The topological polar surface area (TPSA) is 107 Å². The van der Waals surface area contributed by atoms with Crippen LogP contribution in [0.4, 0.5) is 10.8 Å². The average molecular weight is 277 g/mol. The summed E-state index contributed by atoms with van der Waals surface area (Å²) in [5, 5.41) is 3.70. The molecule has 5 N–H and O–H groups in total. The van der Waals surface area contributed by atoms with Crippen molar-refractivity contribution in [3.05, 3.63) is 35.2 Å². The fraction of sp³-hybridized carbons (Fsp3) is 0.250. The van der Waals surface area contributed by atoms with Crippen LogP contribution in [0.3, 0.4) is 0 Å². The zero-order valence-corrected chi connectivity index (χ0v) is 11.3. The van der Waals surface area contributed by atoms with Gasteiger partial charge in [-0.1, -0.05) is 13.0 Å². The maximum atomic E-state index is 11.3. The van der Waals surface area contributed by atoms with Crippen LogP contribution in [0.5, 0.6) is 0 Å². The first-order valence-electron chi connectivity index (χ1n) is 5.85. The van der Waals surface area contributed by atoms with Gasteiger partial charge in [0, 0.05) is 6.20 Å². The summed E-state index contributed by atoms with van der Waals surface area (Å²) in [4.78, 5) is 15.6. The van der Waals surface area contributed by atoms with Gasteiger partial charge < -0.3 is 16.8 Å². The Balaban J connectivity index is 2.17. The van der Waals surface area contributed by atoms with Crippen LogP contribution < -0.4 is 16.8 Å². The highest BCUT2D eigenvalue weighted by Gasteiger charge is 2.16. The van der Waals surface area contributed by atoms with Crippen molar-refractivity contribution >= 4 is 28.3 Å². The van der Waals surface area contributed by atoms with Gasteiger partial charge in [-0.2, -0.15) is 4.37 Å². The van der Waals surface area contributed by atoms with E-state index in [4.69, 9.17) is 11.5 Å². The van der Waals surface area contributed by atoms with Crippen molar-refractivity contribution in [2.45, 2.75) is 19.9 Å². The van der Waals surface area contributed by atoms with E-state index in [2.05, 4.69) is 21.6 Å². The molecule has 100 valence electrons. The highest BCUT2D eigenvalue weighted by molar-refractivity contribution is 7.11. The molecule has 0 aromatic carbocycles. The first-order chi connectivity index (χ1) is 9.13. The van der Waals surface area contributed by atoms with Gasteiger partial charge in [-0.05, 0) is 29.6 Å². The zero-order chi connectivity index (χ0) is 13.8. The third-order valence-electron chi connectivity index (χ3n) is 2.75. The second kappa shape index (κ2) is 5.66. The lowest BCUT2D eigenvalue weighted by Crippen LogP contribution is -2.15. The van der Waals surface area contributed by atoms with Gasteiger partial charge in [0.05, 0.1) is 12.2 Å². The molecule has 0 aliphatic heterocycles. The number of rotatable bonds is 5. The number of hydrogen-bond donors (Lipinski definition) is 3. The molecule has 0 aliphatic rings. The summed E-state index contributed by atoms with van der Waals surface area (Å²) < 4.78 is 3.93. The maximum Gasteiger partial charge on any atom is 0.255 e. The SMILES string of the molecule is CCc1cccnc1CNc1snc(N)c1C(N)=O. The predicted molar refractivity (Wildman–Crippen MR) is 76.0 cm³/mol. The summed E-state index contributed by atoms with van der Waals surface area (Å²) >= 11 is 1.12. The standard InChI is InChI=1S/C12H15N5OS/c1-2-7-4-3-5-15-8(7)6-16-12-9(11(14)18)10(13)17-19-12/h3-5,16H,2,6H2,1H3,(H2,13,17)(H2,14,18). The van der Waals surface area contributed by atoms with Crippen molar-refractivity contribution in [2.24, 2.45) is 5.73 Å². The van der Waals surface area contributed by atoms with Crippen molar-refractivity contribution < 1.29 is 4.79 Å². The monoisotopic (exact) mass is 277 g/mol. The normalized spacial score (nSPS) is 10.4. The number of carbonyl (C=O) groups excluding carboxylic acids is 1. The molecular formula is C12H15N5OS. The Labute approximate surface area is 115 Å². The van der Waals surface area contributed by atoms with E-state index in [1.807, 2.05) is 12.1 Å². The molecular weight excluding hydrogens is 262 g/mol. The summed E-state index contributed by atoms with van der Waals surface area (Å²) in [6.07, 6.45) is 2.64. The van der Waals surface area contributed by atoms with E-state index in [9.17, 15) is 4.79 Å². The smallest absolute Gasteiger partial charge is 0.255 e. The summed E-state index contributed by atoms with van der Waals surface area (Å²) in [5.74, 6) is -0.415. The lowest BCUT2D eigenvalue weighted by atomic mass is 10.1. The molecule has 0 aliphatic carbocycles. The van der Waals surface area contributed by atoms with Crippen molar-refractivity contribution in [2.75, 3.05) is 11.1 Å². The largest absolute Gasteiger partial charge is 0.382 e. The summed E-state index contributed by atoms with van der Waals surface area (Å²) in [7, 11) is 0. The lowest BCUT2D eigenvalue weighted by Gasteiger charge is -2.08. The van der Waals surface area contributed by atoms with Crippen LogP contribution in [0, 0.1) is 0 Å². The van der Waals surface area contributed by atoms with Crippen molar-refractivity contribution in [3.63, 3.8) is 0 Å². The summed E-state index contributed by atoms with van der Waals surface area (Å²) in [6.45, 7) is 2.58. The van der Waals surface area contributed by atoms with Gasteiger partial charge in [-0.3, -0.25) is 9.78 Å². The van der Waals surface area contributed by atoms with Gasteiger partial charge in [0.15, 0.2) is 5.82 Å². The van der Waals surface area contributed by atoms with Crippen LogP contribution in [0.1, 0.15) is 28.5 Å². The van der Waals surface area contributed by atoms with Gasteiger partial charge in [-0.15, -0.1) is 0 Å². The Morgan fingerprint density at radius 3 is 3.00 bits per heavy atom. The molecule has 6 nitrogen and oxygen atoms in total. The number of aromatic nitrogens is 2. The second-order valence-electron chi connectivity index (χ2n) is 3.95. The molecule has 2 aromatic heterocycles. The zero-order valence-electron chi connectivity index (χ0n) is 10.5. The van der Waals surface area contributed by atoms with Crippen LogP contribution >= 0.6 is 11.5 Å². The third-order valence-corrected chi connectivity index (χ3v) is 3.57. The van der Waals surface area contributed by atoms with Crippen LogP contribution in [-0.2, 0) is 13.0 Å².